The molecule has 90 valence electrons. The van der Waals surface area contributed by atoms with Crippen LogP contribution in [0, 0.1) is 0 Å². The Bertz CT molecular complexity index is 170. The highest BCUT2D eigenvalue weighted by Crippen LogP contribution is 2.23. The molecule has 0 amide bonds. The van der Waals surface area contributed by atoms with E-state index in [0.29, 0.717) is 6.61 Å². The minimum Gasteiger partial charge on any atom is -0.393 e. The largest absolute Gasteiger partial charge is 0.393 e. The van der Waals surface area contributed by atoms with Crippen molar-refractivity contribution in [2.75, 3.05) is 6.61 Å². The lowest BCUT2D eigenvalue weighted by atomic mass is 9.94. The fraction of sp³-hybridized carbons (Fsp3) is 1.00. The smallest absolute Gasteiger partial charge is 0.0875 e. The molecular formula is C12H24O3. The lowest BCUT2D eigenvalue weighted by molar-refractivity contribution is -0.0909. The van der Waals surface area contributed by atoms with Gasteiger partial charge in [0.15, 0.2) is 0 Å². The standard InChI is InChI=1S/C12H24O3/c1-3-12(14,4-2)9-15-11-7-5-10(13)6-8-11/h10-11,13-14H,3-9H2,1-2H3. The Morgan fingerprint density at radius 1 is 1.13 bits per heavy atom. The Hall–Kier alpha value is -0.120. The molecule has 0 aromatic heterocycles. The van der Waals surface area contributed by atoms with Crippen molar-refractivity contribution in [3.63, 3.8) is 0 Å². The molecule has 1 fully saturated rings. The van der Waals surface area contributed by atoms with Gasteiger partial charge < -0.3 is 14.9 Å². The molecule has 0 radical (unpaired) electrons. The van der Waals surface area contributed by atoms with Crippen molar-refractivity contribution < 1.29 is 14.9 Å². The van der Waals surface area contributed by atoms with Gasteiger partial charge in [-0.05, 0) is 38.5 Å². The molecule has 0 bridgehead atoms. The van der Waals surface area contributed by atoms with Crippen molar-refractivity contribution in [3.8, 4) is 0 Å². The van der Waals surface area contributed by atoms with Gasteiger partial charge in [0.25, 0.3) is 0 Å². The third-order valence-electron chi connectivity index (χ3n) is 3.55. The maximum absolute atomic E-state index is 10.0. The molecule has 0 aromatic carbocycles. The zero-order chi connectivity index (χ0) is 11.3. The van der Waals surface area contributed by atoms with E-state index in [2.05, 4.69) is 0 Å². The van der Waals surface area contributed by atoms with Crippen molar-refractivity contribution in [2.45, 2.75) is 70.2 Å². The molecule has 0 atom stereocenters. The molecule has 1 saturated carbocycles. The molecule has 3 nitrogen and oxygen atoms in total. The van der Waals surface area contributed by atoms with Gasteiger partial charge in [-0.15, -0.1) is 0 Å². The fourth-order valence-corrected chi connectivity index (χ4v) is 1.94. The molecule has 15 heavy (non-hydrogen) atoms. The zero-order valence-corrected chi connectivity index (χ0v) is 9.91. The Morgan fingerprint density at radius 2 is 1.67 bits per heavy atom. The highest BCUT2D eigenvalue weighted by atomic mass is 16.5. The summed E-state index contributed by atoms with van der Waals surface area (Å²) in [6, 6.07) is 0. The van der Waals surface area contributed by atoms with Crippen LogP contribution in [-0.4, -0.2) is 34.6 Å². The second-order valence-corrected chi connectivity index (χ2v) is 4.67. The Labute approximate surface area is 92.4 Å². The van der Waals surface area contributed by atoms with Gasteiger partial charge in [-0.1, -0.05) is 13.8 Å². The first-order valence-electron chi connectivity index (χ1n) is 6.11. The summed E-state index contributed by atoms with van der Waals surface area (Å²) < 4.78 is 5.72. The van der Waals surface area contributed by atoms with E-state index in [9.17, 15) is 10.2 Å². The zero-order valence-electron chi connectivity index (χ0n) is 9.91. The topological polar surface area (TPSA) is 49.7 Å². The van der Waals surface area contributed by atoms with Crippen LogP contribution >= 0.6 is 0 Å². The van der Waals surface area contributed by atoms with Gasteiger partial charge in [0.2, 0.25) is 0 Å². The molecule has 0 spiro atoms. The molecule has 2 N–H and O–H groups in total. The number of hydrogen-bond acceptors (Lipinski definition) is 3. The van der Waals surface area contributed by atoms with Crippen molar-refractivity contribution >= 4 is 0 Å². The van der Waals surface area contributed by atoms with Gasteiger partial charge in [0.1, 0.15) is 0 Å². The molecular weight excluding hydrogens is 192 g/mol. The molecule has 0 heterocycles. The van der Waals surface area contributed by atoms with E-state index in [4.69, 9.17) is 4.74 Å². The van der Waals surface area contributed by atoms with E-state index in [1.165, 1.54) is 0 Å². The highest BCUT2D eigenvalue weighted by molar-refractivity contribution is 4.77. The van der Waals surface area contributed by atoms with E-state index in [-0.39, 0.29) is 12.2 Å². The number of hydrogen-bond donors (Lipinski definition) is 2. The van der Waals surface area contributed by atoms with E-state index in [1.807, 2.05) is 13.8 Å². The van der Waals surface area contributed by atoms with E-state index >= 15 is 0 Å². The quantitative estimate of drug-likeness (QED) is 0.737. The minimum atomic E-state index is -0.657. The fourth-order valence-electron chi connectivity index (χ4n) is 1.94. The van der Waals surface area contributed by atoms with Gasteiger partial charge in [0, 0.05) is 0 Å². The second-order valence-electron chi connectivity index (χ2n) is 4.67. The van der Waals surface area contributed by atoms with Gasteiger partial charge in [-0.3, -0.25) is 0 Å². The maximum Gasteiger partial charge on any atom is 0.0875 e. The van der Waals surface area contributed by atoms with E-state index in [0.717, 1.165) is 38.5 Å². The second kappa shape index (κ2) is 5.83. The van der Waals surface area contributed by atoms with Crippen LogP contribution in [0.3, 0.4) is 0 Å². The number of aliphatic hydroxyl groups is 2. The first-order chi connectivity index (χ1) is 7.09. The number of ether oxygens (including phenoxy) is 1. The van der Waals surface area contributed by atoms with Gasteiger partial charge >= 0.3 is 0 Å². The molecule has 1 aliphatic rings. The Balaban J connectivity index is 2.24. The van der Waals surface area contributed by atoms with Gasteiger partial charge in [-0.2, -0.15) is 0 Å². The van der Waals surface area contributed by atoms with Gasteiger partial charge in [-0.25, -0.2) is 0 Å². The summed E-state index contributed by atoms with van der Waals surface area (Å²) >= 11 is 0. The Kier molecular flexibility index (Phi) is 5.03. The average Bonchev–Trinajstić information content (AvgIpc) is 2.28. The minimum absolute atomic E-state index is 0.138. The first-order valence-corrected chi connectivity index (χ1v) is 6.11. The van der Waals surface area contributed by atoms with Crippen LogP contribution in [0.1, 0.15) is 52.4 Å². The van der Waals surface area contributed by atoms with Crippen LogP contribution in [-0.2, 0) is 4.74 Å². The average molecular weight is 216 g/mol. The van der Waals surface area contributed by atoms with Crippen molar-refractivity contribution in [3.05, 3.63) is 0 Å². The first kappa shape index (κ1) is 12.9. The summed E-state index contributed by atoms with van der Waals surface area (Å²) in [4.78, 5) is 0. The lowest BCUT2D eigenvalue weighted by Crippen LogP contribution is -2.36. The third-order valence-corrected chi connectivity index (χ3v) is 3.55. The van der Waals surface area contributed by atoms with Crippen LogP contribution in [0.2, 0.25) is 0 Å². The highest BCUT2D eigenvalue weighted by Gasteiger charge is 2.26. The summed E-state index contributed by atoms with van der Waals surface area (Å²) in [6.45, 7) is 4.40. The number of aliphatic hydroxyl groups excluding tert-OH is 1. The van der Waals surface area contributed by atoms with E-state index in [1.54, 1.807) is 0 Å². The van der Waals surface area contributed by atoms with Crippen LogP contribution in [0.5, 0.6) is 0 Å². The Morgan fingerprint density at radius 3 is 2.13 bits per heavy atom. The monoisotopic (exact) mass is 216 g/mol. The van der Waals surface area contributed by atoms with Gasteiger partial charge in [0.05, 0.1) is 24.4 Å². The SMILES string of the molecule is CCC(O)(CC)COC1CCC(O)CC1. The molecule has 0 aliphatic heterocycles. The van der Waals surface area contributed by atoms with Crippen molar-refractivity contribution in [2.24, 2.45) is 0 Å². The third kappa shape index (κ3) is 4.09. The van der Waals surface area contributed by atoms with Crippen LogP contribution in [0.4, 0.5) is 0 Å². The normalized spacial score (nSPS) is 28.0. The molecule has 0 saturated heterocycles. The van der Waals surface area contributed by atoms with Crippen molar-refractivity contribution in [1.29, 1.82) is 0 Å². The molecule has 0 aromatic rings. The molecule has 1 aliphatic carbocycles. The summed E-state index contributed by atoms with van der Waals surface area (Å²) in [5, 5.41) is 19.4. The molecule has 1 rings (SSSR count). The van der Waals surface area contributed by atoms with E-state index < -0.39 is 5.60 Å². The predicted molar refractivity (Wildman–Crippen MR) is 59.7 cm³/mol. The van der Waals surface area contributed by atoms with Crippen molar-refractivity contribution in [1.82, 2.24) is 0 Å². The van der Waals surface area contributed by atoms with Crippen LogP contribution in [0.15, 0.2) is 0 Å². The van der Waals surface area contributed by atoms with Crippen LogP contribution in [0.25, 0.3) is 0 Å². The molecule has 0 unspecified atom stereocenters. The number of rotatable bonds is 5. The maximum atomic E-state index is 10.0. The van der Waals surface area contributed by atoms with Crippen LogP contribution < -0.4 is 0 Å². The summed E-state index contributed by atoms with van der Waals surface area (Å²) in [5.41, 5.74) is -0.657. The summed E-state index contributed by atoms with van der Waals surface area (Å²) in [7, 11) is 0. The summed E-state index contributed by atoms with van der Waals surface area (Å²) in [6.07, 6.45) is 5.08. The predicted octanol–water partition coefficient (Wildman–Crippen LogP) is 1.86. The molecule has 3 heteroatoms. The lowest BCUT2D eigenvalue weighted by Gasteiger charge is -2.30. The summed E-state index contributed by atoms with van der Waals surface area (Å²) in [5.74, 6) is 0.